The Balaban J connectivity index is 1.89. The van der Waals surface area contributed by atoms with Crippen molar-refractivity contribution in [2.75, 3.05) is 6.61 Å². The molecule has 0 aliphatic carbocycles. The van der Waals surface area contributed by atoms with Crippen molar-refractivity contribution in [3.8, 4) is 11.5 Å². The van der Waals surface area contributed by atoms with E-state index in [-0.39, 0.29) is 18.2 Å². The molecular weight excluding hydrogens is 274 g/mol. The van der Waals surface area contributed by atoms with Crippen molar-refractivity contribution in [1.29, 1.82) is 0 Å². The number of nitrogens with one attached hydrogen (secondary N) is 1. The van der Waals surface area contributed by atoms with Gasteiger partial charge in [-0.15, -0.1) is 0 Å². The summed E-state index contributed by atoms with van der Waals surface area (Å²) in [6.45, 7) is 2.34. The van der Waals surface area contributed by atoms with Gasteiger partial charge < -0.3 is 9.84 Å². The van der Waals surface area contributed by atoms with E-state index in [0.29, 0.717) is 17.9 Å². The average molecular weight is 289 g/mol. The highest BCUT2D eigenvalue weighted by Gasteiger charge is 2.03. The second-order valence-electron chi connectivity index (χ2n) is 4.05. The first-order valence-electron chi connectivity index (χ1n) is 6.29. The van der Waals surface area contributed by atoms with Gasteiger partial charge in [0.25, 0.3) is 5.91 Å². The number of rotatable bonds is 6. The van der Waals surface area contributed by atoms with Crippen LogP contribution in [0.2, 0.25) is 0 Å². The van der Waals surface area contributed by atoms with Gasteiger partial charge in [-0.05, 0) is 30.7 Å². The molecule has 0 radical (unpaired) electrons. The van der Waals surface area contributed by atoms with Crippen LogP contribution in [0.15, 0.2) is 36.0 Å². The summed E-state index contributed by atoms with van der Waals surface area (Å²) in [6, 6.07) is 4.85. The molecule has 8 nitrogen and oxygen atoms in total. The van der Waals surface area contributed by atoms with Gasteiger partial charge in [-0.2, -0.15) is 10.2 Å². The molecule has 0 saturated heterocycles. The summed E-state index contributed by atoms with van der Waals surface area (Å²) in [5, 5.41) is 17.3. The van der Waals surface area contributed by atoms with Crippen molar-refractivity contribution >= 4 is 12.1 Å². The van der Waals surface area contributed by atoms with E-state index in [0.717, 1.165) is 0 Å². The second kappa shape index (κ2) is 7.04. The quantitative estimate of drug-likeness (QED) is 0.596. The largest absolute Gasteiger partial charge is 0.504 e. The number of phenolic OH excluding ortho intramolecular Hbond substituents is 1. The van der Waals surface area contributed by atoms with E-state index in [4.69, 9.17) is 4.74 Å². The van der Waals surface area contributed by atoms with Gasteiger partial charge in [0.1, 0.15) is 19.2 Å². The van der Waals surface area contributed by atoms with Crippen LogP contribution in [0.5, 0.6) is 11.5 Å². The number of carbonyl (C=O) groups excluding carboxylic acids is 1. The summed E-state index contributed by atoms with van der Waals surface area (Å²) >= 11 is 0. The zero-order valence-electron chi connectivity index (χ0n) is 11.4. The third-order valence-electron chi connectivity index (χ3n) is 2.46. The molecule has 0 spiro atoms. The molecule has 0 fully saturated rings. The summed E-state index contributed by atoms with van der Waals surface area (Å²) in [6.07, 6.45) is 4.21. The van der Waals surface area contributed by atoms with E-state index >= 15 is 0 Å². The van der Waals surface area contributed by atoms with Crippen LogP contribution in [-0.2, 0) is 11.3 Å². The normalized spacial score (nSPS) is 10.7. The Hall–Kier alpha value is -2.90. The minimum Gasteiger partial charge on any atom is -0.504 e. The average Bonchev–Trinajstić information content (AvgIpc) is 2.95. The van der Waals surface area contributed by atoms with Crippen LogP contribution < -0.4 is 10.2 Å². The minimum absolute atomic E-state index is 0.0229. The van der Waals surface area contributed by atoms with Crippen LogP contribution in [0.1, 0.15) is 12.5 Å². The number of phenols is 1. The molecule has 0 aliphatic heterocycles. The molecule has 1 aromatic heterocycles. The number of aromatic nitrogens is 3. The van der Waals surface area contributed by atoms with E-state index < -0.39 is 0 Å². The van der Waals surface area contributed by atoms with Gasteiger partial charge in [0.15, 0.2) is 11.5 Å². The number of benzene rings is 1. The van der Waals surface area contributed by atoms with Crippen LogP contribution in [0.4, 0.5) is 0 Å². The second-order valence-corrected chi connectivity index (χ2v) is 4.05. The molecule has 8 heteroatoms. The van der Waals surface area contributed by atoms with Gasteiger partial charge in [-0.25, -0.2) is 15.1 Å². The van der Waals surface area contributed by atoms with Gasteiger partial charge in [0.05, 0.1) is 12.8 Å². The zero-order valence-corrected chi connectivity index (χ0v) is 11.4. The van der Waals surface area contributed by atoms with Crippen LogP contribution in [0, 0.1) is 0 Å². The predicted molar refractivity (Wildman–Crippen MR) is 75.0 cm³/mol. The van der Waals surface area contributed by atoms with Crippen LogP contribution >= 0.6 is 0 Å². The van der Waals surface area contributed by atoms with Crippen molar-refractivity contribution in [3.63, 3.8) is 0 Å². The van der Waals surface area contributed by atoms with Crippen LogP contribution in [0.25, 0.3) is 0 Å². The number of ether oxygens (including phenoxy) is 1. The maximum absolute atomic E-state index is 11.5. The molecule has 1 aromatic carbocycles. The lowest BCUT2D eigenvalue weighted by molar-refractivity contribution is -0.121. The van der Waals surface area contributed by atoms with Gasteiger partial charge in [0.2, 0.25) is 0 Å². The van der Waals surface area contributed by atoms with Gasteiger partial charge in [-0.1, -0.05) is 0 Å². The summed E-state index contributed by atoms with van der Waals surface area (Å²) in [4.78, 5) is 15.3. The maximum Gasteiger partial charge on any atom is 0.261 e. The molecule has 1 heterocycles. The van der Waals surface area contributed by atoms with Crippen molar-refractivity contribution in [2.24, 2.45) is 5.10 Å². The van der Waals surface area contributed by atoms with E-state index in [2.05, 4.69) is 20.6 Å². The lowest BCUT2D eigenvalue weighted by Gasteiger charge is -2.05. The van der Waals surface area contributed by atoms with E-state index in [1.807, 2.05) is 6.92 Å². The number of hydrogen-bond acceptors (Lipinski definition) is 6. The number of aromatic hydroxyl groups is 1. The standard InChI is InChI=1S/C13H15N5O3/c1-2-21-12-4-3-10(5-11(12)19)6-15-17-13(20)7-18-9-14-8-16-18/h3-6,8-9,19H,2,7H2,1H3,(H,17,20)/b15-6-. The molecule has 2 rings (SSSR count). The van der Waals surface area contributed by atoms with Crippen molar-refractivity contribution < 1.29 is 14.6 Å². The summed E-state index contributed by atoms with van der Waals surface area (Å²) in [5.41, 5.74) is 2.99. The SMILES string of the molecule is CCOc1ccc(/C=N\NC(=O)Cn2cncn2)cc1O. The molecule has 1 amide bonds. The fourth-order valence-electron chi connectivity index (χ4n) is 1.57. The molecule has 2 aromatic rings. The zero-order chi connectivity index (χ0) is 15.1. The molecule has 0 aliphatic rings. The first-order valence-corrected chi connectivity index (χ1v) is 6.29. The Labute approximate surface area is 121 Å². The fraction of sp³-hybridized carbons (Fsp3) is 0.231. The molecular formula is C13H15N5O3. The number of carbonyl (C=O) groups is 1. The lowest BCUT2D eigenvalue weighted by atomic mass is 10.2. The number of hydrazone groups is 1. The maximum atomic E-state index is 11.5. The highest BCUT2D eigenvalue weighted by atomic mass is 16.5. The lowest BCUT2D eigenvalue weighted by Crippen LogP contribution is -2.23. The smallest absolute Gasteiger partial charge is 0.261 e. The fourth-order valence-corrected chi connectivity index (χ4v) is 1.57. The van der Waals surface area contributed by atoms with Crippen LogP contribution in [0.3, 0.4) is 0 Å². The summed E-state index contributed by atoms with van der Waals surface area (Å²) < 4.78 is 6.60. The highest BCUT2D eigenvalue weighted by Crippen LogP contribution is 2.25. The van der Waals surface area contributed by atoms with E-state index in [1.54, 1.807) is 12.1 Å². The number of nitrogens with zero attached hydrogens (tertiary/aromatic N) is 4. The Morgan fingerprint density at radius 2 is 2.43 bits per heavy atom. The van der Waals surface area contributed by atoms with Gasteiger partial charge in [-0.3, -0.25) is 4.79 Å². The number of hydrogen-bond donors (Lipinski definition) is 2. The van der Waals surface area contributed by atoms with E-state index in [9.17, 15) is 9.90 Å². The van der Waals surface area contributed by atoms with Crippen molar-refractivity contribution in [2.45, 2.75) is 13.5 Å². The molecule has 0 saturated carbocycles. The minimum atomic E-state index is -0.327. The van der Waals surface area contributed by atoms with E-state index in [1.165, 1.54) is 29.6 Å². The van der Waals surface area contributed by atoms with Gasteiger partial charge in [0, 0.05) is 0 Å². The van der Waals surface area contributed by atoms with Crippen molar-refractivity contribution in [3.05, 3.63) is 36.4 Å². The van der Waals surface area contributed by atoms with Crippen LogP contribution in [-0.4, -0.2) is 38.6 Å². The predicted octanol–water partition coefficient (Wildman–Crippen LogP) is 0.533. The van der Waals surface area contributed by atoms with Gasteiger partial charge >= 0.3 is 0 Å². The molecule has 21 heavy (non-hydrogen) atoms. The molecule has 0 unspecified atom stereocenters. The Bertz CT molecular complexity index is 625. The molecule has 0 bridgehead atoms. The van der Waals surface area contributed by atoms with Crippen molar-refractivity contribution in [1.82, 2.24) is 20.2 Å². The monoisotopic (exact) mass is 289 g/mol. The Morgan fingerprint density at radius 3 is 3.10 bits per heavy atom. The Kier molecular flexibility index (Phi) is 4.86. The summed E-state index contributed by atoms with van der Waals surface area (Å²) in [5.74, 6) is 0.103. The number of amides is 1. The molecule has 110 valence electrons. The molecule has 2 N–H and O–H groups in total. The highest BCUT2D eigenvalue weighted by molar-refractivity contribution is 5.83. The first-order chi connectivity index (χ1) is 10.2. The first kappa shape index (κ1) is 14.5. The molecule has 0 atom stereocenters. The Morgan fingerprint density at radius 1 is 1.57 bits per heavy atom. The third kappa shape index (κ3) is 4.30. The third-order valence-corrected chi connectivity index (χ3v) is 2.46. The summed E-state index contributed by atoms with van der Waals surface area (Å²) in [7, 11) is 0. The topological polar surface area (TPSA) is 102 Å².